The highest BCUT2D eigenvalue weighted by Gasteiger charge is 2.48. The van der Waals surface area contributed by atoms with Gasteiger partial charge in [0, 0.05) is 27.7 Å². The molecule has 0 radical (unpaired) electrons. The summed E-state index contributed by atoms with van der Waals surface area (Å²) in [5.74, 6) is -3.59. The second kappa shape index (κ2) is 23.6. The number of ether oxygens (including phenoxy) is 10. The monoisotopic (exact) mass is 685 g/mol. The highest BCUT2D eigenvalue weighted by atomic mass is 16.7. The van der Waals surface area contributed by atoms with Crippen LogP contribution < -0.4 is 5.32 Å². The van der Waals surface area contributed by atoms with Crippen LogP contribution in [-0.4, -0.2) is 127 Å². The number of carbonyl (C=O) groups excluding carboxylic acids is 5. The van der Waals surface area contributed by atoms with E-state index in [9.17, 15) is 24.0 Å². The van der Waals surface area contributed by atoms with Crippen LogP contribution in [0.15, 0.2) is 30.3 Å². The van der Waals surface area contributed by atoms with Crippen LogP contribution >= 0.6 is 0 Å². The molecule has 0 aliphatic carbocycles. The quantitative estimate of drug-likeness (QED) is 0.102. The maximum atomic E-state index is 12.1. The fraction of sp³-hybridized carbons (Fsp3) is 0.656. The molecule has 1 fully saturated rings. The van der Waals surface area contributed by atoms with Gasteiger partial charge in [0.15, 0.2) is 12.4 Å². The molecule has 1 saturated heterocycles. The van der Waals surface area contributed by atoms with Gasteiger partial charge in [-0.05, 0) is 5.56 Å². The molecule has 1 aromatic carbocycles. The minimum atomic E-state index is -1.21. The number of nitrogens with one attached hydrogen (secondary N) is 1. The van der Waals surface area contributed by atoms with E-state index in [4.69, 9.17) is 47.4 Å². The first-order valence-corrected chi connectivity index (χ1v) is 15.6. The summed E-state index contributed by atoms with van der Waals surface area (Å²) in [4.78, 5) is 59.3. The zero-order valence-electron chi connectivity index (χ0n) is 27.9. The number of hydrogen-bond donors (Lipinski definition) is 1. The van der Waals surface area contributed by atoms with Crippen LogP contribution in [0.2, 0.25) is 0 Å². The smallest absolute Gasteiger partial charge is 0.332 e. The van der Waals surface area contributed by atoms with E-state index in [1.807, 2.05) is 30.3 Å². The highest BCUT2D eigenvalue weighted by molar-refractivity contribution is 5.73. The molecule has 48 heavy (non-hydrogen) atoms. The van der Waals surface area contributed by atoms with Crippen molar-refractivity contribution in [1.29, 1.82) is 0 Å². The Morgan fingerprint density at radius 3 is 1.83 bits per heavy atom. The summed E-state index contributed by atoms with van der Waals surface area (Å²) < 4.78 is 54.7. The van der Waals surface area contributed by atoms with Crippen molar-refractivity contribution < 1.29 is 71.3 Å². The number of hydrogen-bond acceptors (Lipinski definition) is 15. The van der Waals surface area contributed by atoms with Crippen LogP contribution in [-0.2, 0) is 77.9 Å². The maximum Gasteiger partial charge on any atom is 0.332 e. The van der Waals surface area contributed by atoms with Crippen molar-refractivity contribution in [3.63, 3.8) is 0 Å². The fourth-order valence-corrected chi connectivity index (χ4v) is 4.45. The Morgan fingerprint density at radius 2 is 1.27 bits per heavy atom. The van der Waals surface area contributed by atoms with Gasteiger partial charge < -0.3 is 52.7 Å². The molecular formula is C32H47NO15. The molecule has 1 aliphatic rings. The van der Waals surface area contributed by atoms with E-state index in [-0.39, 0.29) is 66.1 Å². The number of amides is 1. The third kappa shape index (κ3) is 17.5. The highest BCUT2D eigenvalue weighted by Crippen LogP contribution is 2.27. The number of esters is 4. The number of rotatable bonds is 22. The molecule has 1 heterocycles. The second-order valence-corrected chi connectivity index (χ2v) is 10.5. The predicted molar refractivity (Wildman–Crippen MR) is 164 cm³/mol. The van der Waals surface area contributed by atoms with Gasteiger partial charge in [-0.15, -0.1) is 0 Å². The standard InChI is InChI=1S/C32H47NO15/c1-22(34)33-29-31(48-25(4)37)30(47-24(3)36)27(19-44-23(2)35)20-46-32(29)43-17-16-41-13-12-39-10-11-40-14-15-42-21-28(38)45-18-26-8-6-5-7-9-26/h5-9,27,29-32H,10-21H2,1-4H3,(H,33,34)/t27-,29+,30+,31+,32-/m0/s1. The second-order valence-electron chi connectivity index (χ2n) is 10.5. The lowest BCUT2D eigenvalue weighted by molar-refractivity contribution is -0.188. The molecule has 2 rings (SSSR count). The lowest BCUT2D eigenvalue weighted by Gasteiger charge is -2.34. The van der Waals surface area contributed by atoms with Gasteiger partial charge in [-0.3, -0.25) is 19.2 Å². The summed E-state index contributed by atoms with van der Waals surface area (Å²) in [5, 5.41) is 2.66. The third-order valence-electron chi connectivity index (χ3n) is 6.47. The summed E-state index contributed by atoms with van der Waals surface area (Å²) in [7, 11) is 0. The molecular weight excluding hydrogens is 638 g/mol. The van der Waals surface area contributed by atoms with Gasteiger partial charge >= 0.3 is 23.9 Å². The van der Waals surface area contributed by atoms with Crippen molar-refractivity contribution >= 4 is 29.8 Å². The van der Waals surface area contributed by atoms with Crippen LogP contribution in [0.3, 0.4) is 0 Å². The molecule has 1 aliphatic heterocycles. The molecule has 0 spiro atoms. The Kier molecular flexibility index (Phi) is 19.9. The molecule has 1 N–H and O–H groups in total. The summed E-state index contributed by atoms with van der Waals surface area (Å²) in [6.45, 7) is 6.46. The van der Waals surface area contributed by atoms with Gasteiger partial charge in [-0.1, -0.05) is 30.3 Å². The maximum absolute atomic E-state index is 12.1. The predicted octanol–water partition coefficient (Wildman–Crippen LogP) is 0.717. The van der Waals surface area contributed by atoms with Gasteiger partial charge in [-0.25, -0.2) is 4.79 Å². The first-order valence-electron chi connectivity index (χ1n) is 15.6. The van der Waals surface area contributed by atoms with Crippen molar-refractivity contribution in [2.75, 3.05) is 72.7 Å². The Bertz CT molecular complexity index is 1120. The molecule has 16 heteroatoms. The Balaban J connectivity index is 1.67. The average molecular weight is 686 g/mol. The van der Waals surface area contributed by atoms with Crippen molar-refractivity contribution in [3.05, 3.63) is 35.9 Å². The molecule has 270 valence electrons. The van der Waals surface area contributed by atoms with Gasteiger partial charge in [-0.2, -0.15) is 0 Å². The first kappa shape index (κ1) is 40.5. The van der Waals surface area contributed by atoms with Gasteiger partial charge in [0.1, 0.15) is 25.4 Å². The van der Waals surface area contributed by atoms with Gasteiger partial charge in [0.2, 0.25) is 5.91 Å². The summed E-state index contributed by atoms with van der Waals surface area (Å²) in [5.41, 5.74) is 0.898. The molecule has 0 aromatic heterocycles. The van der Waals surface area contributed by atoms with E-state index in [1.165, 1.54) is 27.7 Å². The zero-order chi connectivity index (χ0) is 35.1. The van der Waals surface area contributed by atoms with Crippen LogP contribution in [0.4, 0.5) is 0 Å². The minimum Gasteiger partial charge on any atom is -0.465 e. The van der Waals surface area contributed by atoms with Gasteiger partial charge in [0.05, 0.1) is 72.0 Å². The Morgan fingerprint density at radius 1 is 0.708 bits per heavy atom. The molecule has 1 amide bonds. The van der Waals surface area contributed by atoms with Crippen molar-refractivity contribution in [1.82, 2.24) is 5.32 Å². The van der Waals surface area contributed by atoms with Crippen molar-refractivity contribution in [2.24, 2.45) is 5.92 Å². The van der Waals surface area contributed by atoms with Crippen LogP contribution in [0.25, 0.3) is 0 Å². The number of carbonyl (C=O) groups is 5. The zero-order valence-corrected chi connectivity index (χ0v) is 27.9. The Hall–Kier alpha value is -3.67. The summed E-state index contributed by atoms with van der Waals surface area (Å²) in [6.07, 6.45) is -3.46. The average Bonchev–Trinajstić information content (AvgIpc) is 3.15. The first-order chi connectivity index (χ1) is 23.1. The molecule has 5 atom stereocenters. The lowest BCUT2D eigenvalue weighted by atomic mass is 9.95. The van der Waals surface area contributed by atoms with Crippen LogP contribution in [0, 0.1) is 5.92 Å². The van der Waals surface area contributed by atoms with Crippen molar-refractivity contribution in [2.45, 2.75) is 58.8 Å². The molecule has 0 saturated carbocycles. The molecule has 0 bridgehead atoms. The normalized spacial score (nSPS) is 20.6. The molecule has 1 aromatic rings. The van der Waals surface area contributed by atoms with E-state index >= 15 is 0 Å². The topological polar surface area (TPSA) is 190 Å². The van der Waals surface area contributed by atoms with E-state index in [2.05, 4.69) is 5.32 Å². The summed E-state index contributed by atoms with van der Waals surface area (Å²) in [6, 6.07) is 8.29. The molecule has 16 nitrogen and oxygen atoms in total. The van der Waals surface area contributed by atoms with E-state index in [0.717, 1.165) is 5.56 Å². The van der Waals surface area contributed by atoms with Crippen molar-refractivity contribution in [3.8, 4) is 0 Å². The summed E-state index contributed by atoms with van der Waals surface area (Å²) >= 11 is 0. The van der Waals surface area contributed by atoms with E-state index in [0.29, 0.717) is 13.2 Å². The lowest BCUT2D eigenvalue weighted by Crippen LogP contribution is -2.57. The van der Waals surface area contributed by atoms with Gasteiger partial charge in [0.25, 0.3) is 0 Å². The fourth-order valence-electron chi connectivity index (χ4n) is 4.45. The van der Waals surface area contributed by atoms with Crippen LogP contribution in [0.1, 0.15) is 33.3 Å². The SMILES string of the molecule is CC(=O)N[C@H]1[C@@H](OCCOCCOCCOCCOCC(=O)OCc2ccccc2)OC[C@H](COC(C)=O)[C@@H](OC(C)=O)[C@@H]1OC(C)=O. The van der Waals surface area contributed by atoms with Crippen LogP contribution in [0.5, 0.6) is 0 Å². The third-order valence-corrected chi connectivity index (χ3v) is 6.47. The van der Waals surface area contributed by atoms with E-state index in [1.54, 1.807) is 0 Å². The van der Waals surface area contributed by atoms with E-state index < -0.39 is 60.2 Å². The largest absolute Gasteiger partial charge is 0.465 e. The number of benzene rings is 1. The Labute approximate surface area is 279 Å². The molecule has 0 unspecified atom stereocenters. The minimum absolute atomic E-state index is 0.0310.